The average molecular weight is 542 g/mol. The molecule has 1 aromatic carbocycles. The number of benzene rings is 1. The number of fused-ring (bicyclic) bond motifs is 1. The van der Waals surface area contributed by atoms with Gasteiger partial charge in [0.25, 0.3) is 0 Å². The summed E-state index contributed by atoms with van der Waals surface area (Å²) >= 11 is 0. The Hall–Kier alpha value is -2.99. The summed E-state index contributed by atoms with van der Waals surface area (Å²) in [5, 5.41) is 27.4. The number of rotatable bonds is 9. The van der Waals surface area contributed by atoms with Gasteiger partial charge in [0.1, 0.15) is 36.3 Å². The highest BCUT2D eigenvalue weighted by atomic mass is 16.6. The van der Waals surface area contributed by atoms with Gasteiger partial charge in [-0.3, -0.25) is 4.90 Å². The predicted molar refractivity (Wildman–Crippen MR) is 152 cm³/mol. The topological polar surface area (TPSA) is 149 Å². The van der Waals surface area contributed by atoms with Crippen LogP contribution >= 0.6 is 0 Å². The number of nitrogens with zero attached hydrogens (tertiary/aromatic N) is 4. The first-order chi connectivity index (χ1) is 18.5. The third kappa shape index (κ3) is 6.78. The number of nitrogen functional groups attached to an aromatic ring is 1. The average Bonchev–Trinajstić information content (AvgIpc) is 3.42. The molecule has 0 saturated carbocycles. The molecule has 3 heterocycles. The molecule has 0 aliphatic carbocycles. The highest BCUT2D eigenvalue weighted by Crippen LogP contribution is 2.35. The molecule has 0 spiro atoms. The van der Waals surface area contributed by atoms with Crippen molar-refractivity contribution in [2.24, 2.45) is 0 Å². The fourth-order valence-corrected chi connectivity index (χ4v) is 5.13. The van der Waals surface area contributed by atoms with Gasteiger partial charge in [0.05, 0.1) is 0 Å². The molecule has 4 atom stereocenters. The second-order valence-corrected chi connectivity index (χ2v) is 11.7. The van der Waals surface area contributed by atoms with Crippen molar-refractivity contribution >= 4 is 23.4 Å². The van der Waals surface area contributed by atoms with Crippen LogP contribution in [0.25, 0.3) is 0 Å². The molecular formula is C28H43N7O4. The van der Waals surface area contributed by atoms with Crippen molar-refractivity contribution in [1.82, 2.24) is 20.2 Å². The van der Waals surface area contributed by atoms with E-state index in [1.54, 1.807) is 0 Å². The molecule has 11 nitrogen and oxygen atoms in total. The Kier molecular flexibility index (Phi) is 8.95. The summed E-state index contributed by atoms with van der Waals surface area (Å²) in [4.78, 5) is 24.8. The number of carbonyl (C=O) groups is 1. The lowest BCUT2D eigenvalue weighted by atomic mass is 9.87. The third-order valence-electron chi connectivity index (χ3n) is 7.54. The maximum Gasteiger partial charge on any atom is 0.319 e. The van der Waals surface area contributed by atoms with Gasteiger partial charge in [-0.15, -0.1) is 0 Å². The van der Waals surface area contributed by atoms with E-state index in [4.69, 9.17) is 10.5 Å². The first-order valence-corrected chi connectivity index (χ1v) is 13.7. The summed E-state index contributed by atoms with van der Waals surface area (Å²) in [6, 6.07) is 7.83. The Bertz CT molecular complexity index is 1120. The molecule has 2 aliphatic rings. The molecule has 11 heteroatoms. The van der Waals surface area contributed by atoms with Gasteiger partial charge in [0.15, 0.2) is 6.23 Å². The second kappa shape index (κ2) is 12.0. The number of aromatic nitrogens is 2. The lowest BCUT2D eigenvalue weighted by Crippen LogP contribution is -2.44. The van der Waals surface area contributed by atoms with Crippen molar-refractivity contribution in [2.75, 3.05) is 42.1 Å². The van der Waals surface area contributed by atoms with Crippen molar-refractivity contribution in [3.63, 3.8) is 0 Å². The Balaban J connectivity index is 1.25. The van der Waals surface area contributed by atoms with Crippen LogP contribution in [0.2, 0.25) is 0 Å². The van der Waals surface area contributed by atoms with E-state index in [2.05, 4.69) is 60.1 Å². The summed E-state index contributed by atoms with van der Waals surface area (Å²) in [7, 11) is 0. The molecule has 0 radical (unpaired) electrons. The predicted octanol–water partition coefficient (Wildman–Crippen LogP) is 2.09. The van der Waals surface area contributed by atoms with Gasteiger partial charge >= 0.3 is 6.03 Å². The number of anilines is 3. The standard InChI is InChI=1S/C28H43N7O4/c1-17(2)34(13-6-12-30-27(38)33-19-9-7-18(8-10-19)28(3,4)5)15-21-22(36)23(37)26(39-21)35-14-11-20-24(29)31-16-32-25(20)35/h7-10,16-17,21-23,26,36-37H,6,11-15H2,1-5H3,(H2,29,31,32)(H2,30,33,38)/t21-,22-,23-,26-/m1/s1. The van der Waals surface area contributed by atoms with Gasteiger partial charge in [-0.1, -0.05) is 32.9 Å². The van der Waals surface area contributed by atoms with Gasteiger partial charge < -0.3 is 36.2 Å². The van der Waals surface area contributed by atoms with Crippen LogP contribution in [0.1, 0.15) is 52.2 Å². The first kappa shape index (κ1) is 29.0. The number of nitrogens with one attached hydrogen (secondary N) is 2. The van der Waals surface area contributed by atoms with Crippen molar-refractivity contribution in [3.05, 3.63) is 41.7 Å². The van der Waals surface area contributed by atoms with Crippen LogP contribution in [0.3, 0.4) is 0 Å². The SMILES string of the molecule is CC(C)N(CCCNC(=O)Nc1ccc(C(C)(C)C)cc1)C[C@H]1O[C@@H](N2CCc3c(N)ncnc32)[C@H](O)[C@@H]1O. The number of carbonyl (C=O) groups excluding carboxylic acids is 1. The van der Waals surface area contributed by atoms with Gasteiger partial charge in [-0.25, -0.2) is 14.8 Å². The molecule has 39 heavy (non-hydrogen) atoms. The van der Waals surface area contributed by atoms with Crippen molar-refractivity contribution < 1.29 is 19.7 Å². The van der Waals surface area contributed by atoms with E-state index >= 15 is 0 Å². The number of amides is 2. The number of aliphatic hydroxyl groups is 2. The molecule has 214 valence electrons. The van der Waals surface area contributed by atoms with Crippen molar-refractivity contribution in [2.45, 2.75) is 83.5 Å². The summed E-state index contributed by atoms with van der Waals surface area (Å²) < 4.78 is 6.19. The number of aliphatic hydroxyl groups excluding tert-OH is 2. The zero-order valence-corrected chi connectivity index (χ0v) is 23.6. The zero-order chi connectivity index (χ0) is 28.3. The highest BCUT2D eigenvalue weighted by molar-refractivity contribution is 5.89. The third-order valence-corrected chi connectivity index (χ3v) is 7.54. The molecule has 1 fully saturated rings. The van der Waals surface area contributed by atoms with E-state index in [1.807, 2.05) is 29.2 Å². The highest BCUT2D eigenvalue weighted by Gasteiger charge is 2.47. The van der Waals surface area contributed by atoms with Crippen LogP contribution < -0.4 is 21.3 Å². The quantitative estimate of drug-likeness (QED) is 0.301. The van der Waals surface area contributed by atoms with Crippen molar-refractivity contribution in [3.8, 4) is 0 Å². The Labute approximate surface area is 230 Å². The molecule has 2 aromatic rings. The van der Waals surface area contributed by atoms with E-state index in [-0.39, 0.29) is 17.5 Å². The van der Waals surface area contributed by atoms with Crippen molar-refractivity contribution in [1.29, 1.82) is 0 Å². The van der Waals surface area contributed by atoms with E-state index in [0.717, 1.165) is 17.7 Å². The minimum absolute atomic E-state index is 0.0603. The Morgan fingerprint density at radius 1 is 1.21 bits per heavy atom. The molecular weight excluding hydrogens is 498 g/mol. The maximum absolute atomic E-state index is 12.4. The summed E-state index contributed by atoms with van der Waals surface area (Å²) in [5.41, 5.74) is 8.85. The summed E-state index contributed by atoms with van der Waals surface area (Å²) in [5.74, 6) is 1.08. The lowest BCUT2D eigenvalue weighted by Gasteiger charge is -2.30. The minimum atomic E-state index is -1.08. The van der Waals surface area contributed by atoms with E-state index < -0.39 is 24.5 Å². The normalized spacial score (nSPS) is 22.9. The Morgan fingerprint density at radius 2 is 1.92 bits per heavy atom. The largest absolute Gasteiger partial charge is 0.387 e. The second-order valence-electron chi connectivity index (χ2n) is 11.7. The molecule has 1 aromatic heterocycles. The van der Waals surface area contributed by atoms with Gasteiger partial charge in [-0.05, 0) is 49.8 Å². The van der Waals surface area contributed by atoms with E-state index in [0.29, 0.717) is 44.2 Å². The molecule has 2 amide bonds. The fraction of sp³-hybridized carbons (Fsp3) is 0.607. The fourth-order valence-electron chi connectivity index (χ4n) is 5.13. The molecule has 0 bridgehead atoms. The molecule has 2 aliphatic heterocycles. The van der Waals surface area contributed by atoms with E-state index in [1.165, 1.54) is 11.9 Å². The number of hydrogen-bond donors (Lipinski definition) is 5. The van der Waals surface area contributed by atoms with Gasteiger partial charge in [0.2, 0.25) is 0 Å². The summed E-state index contributed by atoms with van der Waals surface area (Å²) in [6.07, 6.45) is -0.600. The maximum atomic E-state index is 12.4. The Morgan fingerprint density at radius 3 is 2.59 bits per heavy atom. The number of nitrogens with two attached hydrogens (primary N) is 1. The number of ether oxygens (including phenoxy) is 1. The van der Waals surface area contributed by atoms with Crippen LogP contribution in [-0.4, -0.2) is 87.9 Å². The molecule has 1 saturated heterocycles. The first-order valence-electron chi connectivity index (χ1n) is 13.7. The van der Waals surface area contributed by atoms with Crippen LogP contribution in [0.15, 0.2) is 30.6 Å². The minimum Gasteiger partial charge on any atom is -0.387 e. The number of hydrogen-bond acceptors (Lipinski definition) is 9. The van der Waals surface area contributed by atoms with E-state index in [9.17, 15) is 15.0 Å². The lowest BCUT2D eigenvalue weighted by molar-refractivity contribution is -0.0164. The number of urea groups is 1. The molecule has 0 unspecified atom stereocenters. The van der Waals surface area contributed by atoms with Crippen LogP contribution in [0.4, 0.5) is 22.1 Å². The zero-order valence-electron chi connectivity index (χ0n) is 23.6. The summed E-state index contributed by atoms with van der Waals surface area (Å²) in [6.45, 7) is 12.8. The molecule has 6 N–H and O–H groups in total. The molecule has 4 rings (SSSR count). The van der Waals surface area contributed by atoms with Crippen LogP contribution in [0, 0.1) is 0 Å². The van der Waals surface area contributed by atoms with Crippen LogP contribution in [-0.2, 0) is 16.6 Å². The van der Waals surface area contributed by atoms with Crippen LogP contribution in [0.5, 0.6) is 0 Å². The van der Waals surface area contributed by atoms with Gasteiger partial charge in [0, 0.05) is 43.5 Å². The van der Waals surface area contributed by atoms with Gasteiger partial charge in [-0.2, -0.15) is 0 Å². The monoisotopic (exact) mass is 541 g/mol. The smallest absolute Gasteiger partial charge is 0.319 e.